The molecule has 0 radical (unpaired) electrons. The van der Waals surface area contributed by atoms with E-state index in [0.29, 0.717) is 0 Å². The molecule has 1 N–H and O–H groups in total. The Hall–Kier alpha value is -2.20. The Bertz CT molecular complexity index is 583. The lowest BCUT2D eigenvalue weighted by atomic mass is 9.98. The minimum atomic E-state index is -0.916. The third-order valence-corrected chi connectivity index (χ3v) is 2.97. The number of benzene rings is 1. The lowest BCUT2D eigenvalue weighted by molar-refractivity contribution is -0.138. The number of aliphatic carboxylic acids is 1. The molecular formula is C14H11NO3. The van der Waals surface area contributed by atoms with E-state index in [4.69, 9.17) is 9.84 Å². The van der Waals surface area contributed by atoms with Crippen LogP contribution in [0.3, 0.4) is 0 Å². The van der Waals surface area contributed by atoms with Gasteiger partial charge >= 0.3 is 5.97 Å². The molecule has 1 aliphatic rings. The number of ether oxygens (including phenoxy) is 1. The smallest absolute Gasteiger partial charge is 0.335 e. The summed E-state index contributed by atoms with van der Waals surface area (Å²) in [4.78, 5) is 14.9. The summed E-state index contributed by atoms with van der Waals surface area (Å²) >= 11 is 0. The third-order valence-electron chi connectivity index (χ3n) is 2.97. The Morgan fingerprint density at radius 1 is 1.22 bits per heavy atom. The van der Waals surface area contributed by atoms with Crippen LogP contribution in [0.1, 0.15) is 11.7 Å². The highest BCUT2D eigenvalue weighted by molar-refractivity contribution is 5.78. The van der Waals surface area contributed by atoms with E-state index >= 15 is 0 Å². The highest BCUT2D eigenvalue weighted by Gasteiger charge is 2.47. The Labute approximate surface area is 104 Å². The van der Waals surface area contributed by atoms with Gasteiger partial charge in [-0.15, -0.1) is 0 Å². The molecule has 0 bridgehead atoms. The number of carboxylic acids is 1. The number of nitrogens with zero attached hydrogens (tertiary/aromatic N) is 1. The molecule has 0 amide bonds. The standard InChI is InChI=1S/C14H11NO3/c16-14(17)13-12(18-13)11-6-2-1-5-10(11)9-4-3-7-15-8-9/h1-8,12-13H,(H,16,17). The van der Waals surface area contributed by atoms with Crippen molar-refractivity contribution in [2.75, 3.05) is 0 Å². The molecule has 90 valence electrons. The molecule has 1 aromatic carbocycles. The number of hydrogen-bond acceptors (Lipinski definition) is 3. The monoisotopic (exact) mass is 241 g/mol. The summed E-state index contributed by atoms with van der Waals surface area (Å²) in [7, 11) is 0. The largest absolute Gasteiger partial charge is 0.479 e. The van der Waals surface area contributed by atoms with Crippen molar-refractivity contribution >= 4 is 5.97 Å². The second kappa shape index (κ2) is 4.23. The Morgan fingerprint density at radius 2 is 2.06 bits per heavy atom. The summed E-state index contributed by atoms with van der Waals surface area (Å²) in [5.41, 5.74) is 2.84. The predicted octanol–water partition coefficient (Wildman–Crippen LogP) is 2.27. The number of aromatic nitrogens is 1. The van der Waals surface area contributed by atoms with E-state index in [2.05, 4.69) is 4.98 Å². The maximum absolute atomic E-state index is 10.9. The number of pyridine rings is 1. The molecule has 0 spiro atoms. The van der Waals surface area contributed by atoms with Crippen LogP contribution in [0.15, 0.2) is 48.8 Å². The summed E-state index contributed by atoms with van der Waals surface area (Å²) in [6, 6.07) is 11.5. The molecule has 1 saturated heterocycles. The normalized spacial score (nSPS) is 21.6. The molecule has 18 heavy (non-hydrogen) atoms. The number of epoxide rings is 1. The molecule has 2 aromatic rings. The van der Waals surface area contributed by atoms with Crippen molar-refractivity contribution in [3.63, 3.8) is 0 Å². The maximum Gasteiger partial charge on any atom is 0.335 e. The Balaban J connectivity index is 2.00. The highest BCUT2D eigenvalue weighted by Crippen LogP contribution is 2.42. The summed E-state index contributed by atoms with van der Waals surface area (Å²) in [5.74, 6) is -0.916. The molecular weight excluding hydrogens is 230 g/mol. The molecule has 3 rings (SSSR count). The fourth-order valence-corrected chi connectivity index (χ4v) is 2.07. The number of carboxylic acid groups (broad SMARTS) is 1. The van der Waals surface area contributed by atoms with Gasteiger partial charge in [0.15, 0.2) is 6.10 Å². The van der Waals surface area contributed by atoms with Crippen LogP contribution in [0, 0.1) is 0 Å². The van der Waals surface area contributed by atoms with E-state index in [0.717, 1.165) is 16.7 Å². The fourth-order valence-electron chi connectivity index (χ4n) is 2.07. The van der Waals surface area contributed by atoms with Gasteiger partial charge in [0.05, 0.1) is 0 Å². The van der Waals surface area contributed by atoms with Gasteiger partial charge < -0.3 is 9.84 Å². The first-order chi connectivity index (χ1) is 8.77. The second-order valence-electron chi connectivity index (χ2n) is 4.14. The lowest BCUT2D eigenvalue weighted by Crippen LogP contribution is -2.05. The van der Waals surface area contributed by atoms with E-state index in [1.165, 1.54) is 0 Å². The zero-order chi connectivity index (χ0) is 12.5. The molecule has 4 nitrogen and oxygen atoms in total. The average molecular weight is 241 g/mol. The minimum Gasteiger partial charge on any atom is -0.479 e. The summed E-state index contributed by atoms with van der Waals surface area (Å²) in [5, 5.41) is 8.91. The maximum atomic E-state index is 10.9. The van der Waals surface area contributed by atoms with Crippen molar-refractivity contribution in [1.82, 2.24) is 4.98 Å². The minimum absolute atomic E-state index is 0.348. The zero-order valence-corrected chi connectivity index (χ0v) is 9.48. The van der Waals surface area contributed by atoms with Gasteiger partial charge in [0.2, 0.25) is 0 Å². The van der Waals surface area contributed by atoms with Crippen molar-refractivity contribution in [2.45, 2.75) is 12.2 Å². The summed E-state index contributed by atoms with van der Waals surface area (Å²) in [6.07, 6.45) is 2.40. The average Bonchev–Trinajstić information content (AvgIpc) is 3.20. The first-order valence-electron chi connectivity index (χ1n) is 5.65. The third kappa shape index (κ3) is 1.87. The van der Waals surface area contributed by atoms with Crippen molar-refractivity contribution in [1.29, 1.82) is 0 Å². The number of carbonyl (C=O) groups is 1. The van der Waals surface area contributed by atoms with Crippen LogP contribution in [0.25, 0.3) is 11.1 Å². The van der Waals surface area contributed by atoms with Crippen LogP contribution in [0.4, 0.5) is 0 Å². The molecule has 4 heteroatoms. The molecule has 1 fully saturated rings. The van der Waals surface area contributed by atoms with Crippen LogP contribution >= 0.6 is 0 Å². The number of rotatable bonds is 3. The SMILES string of the molecule is O=C(O)C1OC1c1ccccc1-c1cccnc1. The van der Waals surface area contributed by atoms with E-state index in [1.807, 2.05) is 36.4 Å². The van der Waals surface area contributed by atoms with Gasteiger partial charge in [-0.25, -0.2) is 4.79 Å². The lowest BCUT2D eigenvalue weighted by Gasteiger charge is -2.06. The number of hydrogen-bond donors (Lipinski definition) is 1. The Kier molecular flexibility index (Phi) is 2.57. The fraction of sp³-hybridized carbons (Fsp3) is 0.143. The van der Waals surface area contributed by atoms with Gasteiger partial charge in [0.1, 0.15) is 6.10 Å². The van der Waals surface area contributed by atoms with Gasteiger partial charge in [-0.1, -0.05) is 30.3 Å². The molecule has 0 saturated carbocycles. The van der Waals surface area contributed by atoms with Crippen molar-refractivity contribution < 1.29 is 14.6 Å². The van der Waals surface area contributed by atoms with Crippen LogP contribution in [-0.2, 0) is 9.53 Å². The quantitative estimate of drug-likeness (QED) is 0.837. The second-order valence-corrected chi connectivity index (χ2v) is 4.14. The van der Waals surface area contributed by atoms with E-state index in [-0.39, 0.29) is 6.10 Å². The summed E-state index contributed by atoms with van der Waals surface area (Å²) < 4.78 is 5.21. The first-order valence-corrected chi connectivity index (χ1v) is 5.65. The zero-order valence-electron chi connectivity index (χ0n) is 9.48. The van der Waals surface area contributed by atoms with Crippen molar-refractivity contribution in [3.05, 3.63) is 54.4 Å². The molecule has 2 unspecified atom stereocenters. The molecule has 2 atom stereocenters. The molecule has 1 aliphatic heterocycles. The molecule has 0 aliphatic carbocycles. The van der Waals surface area contributed by atoms with Crippen molar-refractivity contribution in [2.24, 2.45) is 0 Å². The van der Waals surface area contributed by atoms with Crippen LogP contribution in [0.5, 0.6) is 0 Å². The molecule has 1 aromatic heterocycles. The van der Waals surface area contributed by atoms with Crippen LogP contribution in [-0.4, -0.2) is 22.2 Å². The van der Waals surface area contributed by atoms with Gasteiger partial charge in [-0.3, -0.25) is 4.98 Å². The van der Waals surface area contributed by atoms with E-state index < -0.39 is 12.1 Å². The molecule has 2 heterocycles. The first kappa shape index (κ1) is 10.9. The Morgan fingerprint density at radius 3 is 2.72 bits per heavy atom. The topological polar surface area (TPSA) is 62.7 Å². The van der Waals surface area contributed by atoms with Crippen LogP contribution < -0.4 is 0 Å². The highest BCUT2D eigenvalue weighted by atomic mass is 16.6. The van der Waals surface area contributed by atoms with Gasteiger partial charge in [0, 0.05) is 18.0 Å². The van der Waals surface area contributed by atoms with Gasteiger partial charge in [-0.2, -0.15) is 0 Å². The predicted molar refractivity (Wildman–Crippen MR) is 64.9 cm³/mol. The van der Waals surface area contributed by atoms with Gasteiger partial charge in [0.25, 0.3) is 0 Å². The van der Waals surface area contributed by atoms with E-state index in [1.54, 1.807) is 12.4 Å². The van der Waals surface area contributed by atoms with Gasteiger partial charge in [-0.05, 0) is 17.2 Å². The van der Waals surface area contributed by atoms with Crippen molar-refractivity contribution in [3.8, 4) is 11.1 Å². The van der Waals surface area contributed by atoms with E-state index in [9.17, 15) is 4.79 Å². The summed E-state index contributed by atoms with van der Waals surface area (Å²) in [6.45, 7) is 0. The van der Waals surface area contributed by atoms with Crippen LogP contribution in [0.2, 0.25) is 0 Å².